The quantitative estimate of drug-likeness (QED) is 0.834. The Morgan fingerprint density at radius 1 is 1.24 bits per heavy atom. The molecule has 1 unspecified atom stereocenters. The molecule has 2 fully saturated rings. The largest absolute Gasteiger partial charge is 0.496 e. The molecule has 6 heteroatoms. The van der Waals surface area contributed by atoms with E-state index in [4.69, 9.17) is 4.74 Å². The van der Waals surface area contributed by atoms with Crippen molar-refractivity contribution in [3.63, 3.8) is 0 Å². The molecule has 2 aliphatic rings. The van der Waals surface area contributed by atoms with Crippen molar-refractivity contribution in [1.82, 2.24) is 9.80 Å². The van der Waals surface area contributed by atoms with Crippen molar-refractivity contribution in [2.45, 2.75) is 39.2 Å². The van der Waals surface area contributed by atoms with Crippen LogP contribution in [0.1, 0.15) is 38.2 Å². The van der Waals surface area contributed by atoms with Crippen LogP contribution in [0.15, 0.2) is 12.1 Å². The zero-order chi connectivity index (χ0) is 18.0. The average molecular weight is 352 g/mol. The number of carbonyl (C=O) groups excluding carboxylic acids is 1. The smallest absolute Gasteiger partial charge is 0.222 e. The molecule has 25 heavy (non-hydrogen) atoms. The Kier molecular flexibility index (Phi) is 5.27. The summed E-state index contributed by atoms with van der Waals surface area (Å²) in [6, 6.07) is 2.58. The number of ether oxygens (including phenoxy) is 1. The second kappa shape index (κ2) is 7.28. The van der Waals surface area contributed by atoms with Gasteiger partial charge in [-0.3, -0.25) is 9.69 Å². The molecule has 2 heterocycles. The fourth-order valence-electron chi connectivity index (χ4n) is 4.31. The number of methoxy groups -OCH3 is 1. The van der Waals surface area contributed by atoms with Gasteiger partial charge in [-0.2, -0.15) is 0 Å². The molecule has 2 aliphatic heterocycles. The Morgan fingerprint density at radius 2 is 2.04 bits per heavy atom. The molecule has 1 aromatic carbocycles. The van der Waals surface area contributed by atoms with Crippen molar-refractivity contribution in [3.8, 4) is 5.75 Å². The zero-order valence-electron chi connectivity index (χ0n) is 15.0. The van der Waals surface area contributed by atoms with Crippen molar-refractivity contribution in [2.75, 3.05) is 33.3 Å². The van der Waals surface area contributed by atoms with Crippen molar-refractivity contribution in [2.24, 2.45) is 5.41 Å². The third-order valence-corrected chi connectivity index (χ3v) is 5.63. The van der Waals surface area contributed by atoms with E-state index in [9.17, 15) is 13.6 Å². The number of nitrogens with zero attached hydrogens (tertiary/aromatic N) is 2. The number of hydrogen-bond donors (Lipinski definition) is 0. The lowest BCUT2D eigenvalue weighted by Crippen LogP contribution is -2.53. The van der Waals surface area contributed by atoms with Crippen molar-refractivity contribution < 1.29 is 18.3 Å². The first kappa shape index (κ1) is 18.1. The van der Waals surface area contributed by atoms with E-state index in [1.54, 1.807) is 0 Å². The Bertz CT molecular complexity index is 653. The van der Waals surface area contributed by atoms with E-state index in [1.165, 1.54) is 13.2 Å². The van der Waals surface area contributed by atoms with Gasteiger partial charge in [0.2, 0.25) is 5.91 Å². The van der Waals surface area contributed by atoms with E-state index in [0.717, 1.165) is 51.5 Å². The molecule has 0 saturated carbocycles. The summed E-state index contributed by atoms with van der Waals surface area (Å²) in [7, 11) is 1.47. The van der Waals surface area contributed by atoms with Crippen LogP contribution in [-0.2, 0) is 11.3 Å². The van der Waals surface area contributed by atoms with Gasteiger partial charge in [0.1, 0.15) is 5.75 Å². The van der Waals surface area contributed by atoms with Crippen LogP contribution in [0.25, 0.3) is 0 Å². The first-order chi connectivity index (χ1) is 12.0. The zero-order valence-corrected chi connectivity index (χ0v) is 15.0. The highest BCUT2D eigenvalue weighted by Crippen LogP contribution is 2.39. The first-order valence-corrected chi connectivity index (χ1v) is 8.99. The van der Waals surface area contributed by atoms with Gasteiger partial charge in [-0.1, -0.05) is 0 Å². The molecular formula is C19H26F2N2O2. The number of benzene rings is 1. The monoisotopic (exact) mass is 352 g/mol. The Labute approximate surface area is 147 Å². The molecule has 138 valence electrons. The van der Waals surface area contributed by atoms with Gasteiger partial charge in [0, 0.05) is 43.6 Å². The summed E-state index contributed by atoms with van der Waals surface area (Å²) >= 11 is 0. The summed E-state index contributed by atoms with van der Waals surface area (Å²) in [5, 5.41) is 0. The predicted molar refractivity (Wildman–Crippen MR) is 91.3 cm³/mol. The highest BCUT2D eigenvalue weighted by atomic mass is 19.2. The average Bonchev–Trinajstić information content (AvgIpc) is 2.62. The van der Waals surface area contributed by atoms with Crippen molar-refractivity contribution in [3.05, 3.63) is 29.3 Å². The van der Waals surface area contributed by atoms with Crippen molar-refractivity contribution >= 4 is 5.91 Å². The standard InChI is InChI=1S/C19H26F2N2O2/c1-3-23-13-19(9-7-17(23)24)8-4-10-22(12-19)11-14-16(25-2)6-5-15(20)18(14)21/h5-6H,3-4,7-13H2,1-2H3. The molecule has 0 aromatic heterocycles. The fourth-order valence-corrected chi connectivity index (χ4v) is 4.31. The van der Waals surface area contributed by atoms with Gasteiger partial charge < -0.3 is 9.64 Å². The Hall–Kier alpha value is -1.69. The molecule has 1 amide bonds. The number of halogens is 2. The van der Waals surface area contributed by atoms with Crippen LogP contribution >= 0.6 is 0 Å². The Morgan fingerprint density at radius 3 is 2.76 bits per heavy atom. The molecule has 0 radical (unpaired) electrons. The molecule has 4 nitrogen and oxygen atoms in total. The maximum absolute atomic E-state index is 14.3. The second-order valence-corrected chi connectivity index (χ2v) is 7.26. The van der Waals surface area contributed by atoms with E-state index in [-0.39, 0.29) is 16.9 Å². The highest BCUT2D eigenvalue weighted by Gasteiger charge is 2.41. The minimum absolute atomic E-state index is 0.0687. The minimum Gasteiger partial charge on any atom is -0.496 e. The van der Waals surface area contributed by atoms with Crippen LogP contribution in [0.3, 0.4) is 0 Å². The van der Waals surface area contributed by atoms with Gasteiger partial charge in [0.25, 0.3) is 0 Å². The van der Waals surface area contributed by atoms with E-state index >= 15 is 0 Å². The fraction of sp³-hybridized carbons (Fsp3) is 0.632. The van der Waals surface area contributed by atoms with Crippen molar-refractivity contribution in [1.29, 1.82) is 0 Å². The maximum Gasteiger partial charge on any atom is 0.222 e. The van der Waals surface area contributed by atoms with Crippen LogP contribution in [0.4, 0.5) is 8.78 Å². The van der Waals surface area contributed by atoms with Gasteiger partial charge in [-0.15, -0.1) is 0 Å². The summed E-state index contributed by atoms with van der Waals surface area (Å²) in [6.07, 6.45) is 3.54. The summed E-state index contributed by atoms with van der Waals surface area (Å²) in [6.45, 7) is 5.48. The highest BCUT2D eigenvalue weighted by molar-refractivity contribution is 5.77. The van der Waals surface area contributed by atoms with E-state index < -0.39 is 11.6 Å². The van der Waals surface area contributed by atoms with Gasteiger partial charge in [0.05, 0.1) is 7.11 Å². The lowest BCUT2D eigenvalue weighted by atomic mass is 9.73. The molecule has 1 atom stereocenters. The van der Waals surface area contributed by atoms with E-state index in [1.807, 2.05) is 11.8 Å². The SMILES string of the molecule is CCN1CC2(CCCN(Cc3c(OC)ccc(F)c3F)C2)CCC1=O. The third-order valence-electron chi connectivity index (χ3n) is 5.63. The van der Waals surface area contributed by atoms with Gasteiger partial charge >= 0.3 is 0 Å². The van der Waals surface area contributed by atoms with Gasteiger partial charge in [0.15, 0.2) is 11.6 Å². The Balaban J connectivity index is 1.77. The molecular weight excluding hydrogens is 326 g/mol. The number of hydrogen-bond acceptors (Lipinski definition) is 3. The molecule has 1 aromatic rings. The molecule has 0 bridgehead atoms. The number of rotatable bonds is 4. The van der Waals surface area contributed by atoms with Gasteiger partial charge in [-0.25, -0.2) is 8.78 Å². The predicted octanol–water partition coefficient (Wildman–Crippen LogP) is 3.20. The normalized spacial score (nSPS) is 24.8. The molecule has 0 aliphatic carbocycles. The molecule has 3 rings (SSSR count). The molecule has 1 spiro atoms. The molecule has 2 saturated heterocycles. The van der Waals surface area contributed by atoms with E-state index in [2.05, 4.69) is 4.90 Å². The minimum atomic E-state index is -0.844. The number of likely N-dealkylation sites (tertiary alicyclic amines) is 2. The summed E-state index contributed by atoms with van der Waals surface area (Å²) in [4.78, 5) is 16.1. The van der Waals surface area contributed by atoms with Crippen LogP contribution < -0.4 is 4.74 Å². The second-order valence-electron chi connectivity index (χ2n) is 7.26. The maximum atomic E-state index is 14.3. The third kappa shape index (κ3) is 3.64. The topological polar surface area (TPSA) is 32.8 Å². The van der Waals surface area contributed by atoms with Gasteiger partial charge in [-0.05, 0) is 44.9 Å². The lowest BCUT2D eigenvalue weighted by Gasteiger charge is -2.48. The number of amides is 1. The summed E-state index contributed by atoms with van der Waals surface area (Å²) < 4.78 is 33.1. The summed E-state index contributed by atoms with van der Waals surface area (Å²) in [5.74, 6) is -1.06. The number of carbonyl (C=O) groups is 1. The van der Waals surface area contributed by atoms with Crippen LogP contribution in [0.5, 0.6) is 5.75 Å². The van der Waals surface area contributed by atoms with Crippen LogP contribution in [0, 0.1) is 17.0 Å². The molecule has 0 N–H and O–H groups in total. The first-order valence-electron chi connectivity index (χ1n) is 8.99. The van der Waals surface area contributed by atoms with Crippen LogP contribution in [0.2, 0.25) is 0 Å². The van der Waals surface area contributed by atoms with E-state index in [0.29, 0.717) is 18.7 Å². The number of piperidine rings is 2. The summed E-state index contributed by atoms with van der Waals surface area (Å²) in [5.41, 5.74) is 0.345. The van der Waals surface area contributed by atoms with Crippen LogP contribution in [-0.4, -0.2) is 49.0 Å². The lowest BCUT2D eigenvalue weighted by molar-refractivity contribution is -0.139.